The van der Waals surface area contributed by atoms with Gasteiger partial charge in [0.2, 0.25) is 0 Å². The molecule has 1 aromatic rings. The lowest BCUT2D eigenvalue weighted by atomic mass is 10.0. The first-order chi connectivity index (χ1) is 6.25. The first-order valence-corrected chi connectivity index (χ1v) is 5.03. The van der Waals surface area contributed by atoms with Crippen LogP contribution in [-0.2, 0) is 0 Å². The summed E-state index contributed by atoms with van der Waals surface area (Å²) >= 11 is 0. The van der Waals surface area contributed by atoms with Crippen molar-refractivity contribution in [2.45, 2.75) is 47.0 Å². The van der Waals surface area contributed by atoms with Crippen molar-refractivity contribution in [2.24, 2.45) is 0 Å². The van der Waals surface area contributed by atoms with Crippen LogP contribution in [-0.4, -0.2) is 9.97 Å². The molecule has 13 heavy (non-hydrogen) atoms. The van der Waals surface area contributed by atoms with Gasteiger partial charge in [-0.05, 0) is 19.3 Å². The fraction of sp³-hybridized carbons (Fsp3) is 0.636. The van der Waals surface area contributed by atoms with Crippen LogP contribution in [0.1, 0.15) is 51.4 Å². The zero-order chi connectivity index (χ0) is 10.3. The Bertz CT molecular complexity index is 233. The van der Waals surface area contributed by atoms with Crippen molar-refractivity contribution in [3.8, 4) is 0 Å². The van der Waals surface area contributed by atoms with Crippen LogP contribution in [0.2, 0.25) is 0 Å². The van der Waals surface area contributed by atoms with Crippen LogP contribution in [0.3, 0.4) is 0 Å². The van der Waals surface area contributed by atoms with Gasteiger partial charge in [0.1, 0.15) is 0 Å². The Morgan fingerprint density at radius 3 is 2.23 bits per heavy atom. The number of aromatic nitrogens is 2. The molecule has 2 nitrogen and oxygen atoms in total. The second-order valence-electron chi connectivity index (χ2n) is 2.84. The summed E-state index contributed by atoms with van der Waals surface area (Å²) < 4.78 is 0. The summed E-state index contributed by atoms with van der Waals surface area (Å²) in [5.74, 6) is 0.531. The molecule has 0 amide bonds. The quantitative estimate of drug-likeness (QED) is 0.697. The van der Waals surface area contributed by atoms with Gasteiger partial charge in [0.15, 0.2) is 0 Å². The Hall–Kier alpha value is -0.920. The van der Waals surface area contributed by atoms with Crippen LogP contribution in [0.25, 0.3) is 0 Å². The summed E-state index contributed by atoms with van der Waals surface area (Å²) in [6, 6.07) is 0. The van der Waals surface area contributed by atoms with Crippen molar-refractivity contribution in [3.05, 3.63) is 23.8 Å². The Kier molecular flexibility index (Phi) is 6.11. The summed E-state index contributed by atoms with van der Waals surface area (Å²) in [5.41, 5.74) is 2.19. The summed E-state index contributed by atoms with van der Waals surface area (Å²) in [6.07, 6.45) is 4.62. The van der Waals surface area contributed by atoms with Gasteiger partial charge in [-0.1, -0.05) is 27.7 Å². The molecule has 1 unspecified atom stereocenters. The third-order valence-electron chi connectivity index (χ3n) is 2.00. The molecule has 0 aliphatic rings. The SMILES string of the molecule is CC.CCC(C)c1nccnc1C. The highest BCUT2D eigenvalue weighted by Gasteiger charge is 2.06. The third-order valence-corrected chi connectivity index (χ3v) is 2.00. The lowest BCUT2D eigenvalue weighted by molar-refractivity contribution is 0.694. The molecular weight excluding hydrogens is 160 g/mol. The minimum absolute atomic E-state index is 0.531. The van der Waals surface area contributed by atoms with Gasteiger partial charge in [0, 0.05) is 12.4 Å². The lowest BCUT2D eigenvalue weighted by Crippen LogP contribution is -1.99. The molecule has 0 saturated heterocycles. The van der Waals surface area contributed by atoms with Crippen molar-refractivity contribution in [2.75, 3.05) is 0 Å². The maximum absolute atomic E-state index is 4.29. The molecule has 74 valence electrons. The van der Waals surface area contributed by atoms with Gasteiger partial charge in [-0.15, -0.1) is 0 Å². The average Bonchev–Trinajstić information content (AvgIpc) is 2.20. The van der Waals surface area contributed by atoms with E-state index in [-0.39, 0.29) is 0 Å². The van der Waals surface area contributed by atoms with Crippen LogP contribution in [0.15, 0.2) is 12.4 Å². The third kappa shape index (κ3) is 3.53. The molecule has 0 radical (unpaired) electrons. The van der Waals surface area contributed by atoms with Crippen LogP contribution in [0, 0.1) is 6.92 Å². The standard InChI is InChI=1S/C9H14N2.C2H6/c1-4-7(2)9-8(3)10-5-6-11-9;1-2/h5-7H,4H2,1-3H3;1-2H3. The minimum Gasteiger partial charge on any atom is -0.258 e. The first-order valence-electron chi connectivity index (χ1n) is 5.03. The van der Waals surface area contributed by atoms with E-state index in [1.165, 1.54) is 0 Å². The maximum atomic E-state index is 4.29. The van der Waals surface area contributed by atoms with Gasteiger partial charge in [0.25, 0.3) is 0 Å². The average molecular weight is 180 g/mol. The van der Waals surface area contributed by atoms with Gasteiger partial charge < -0.3 is 0 Å². The molecule has 2 heteroatoms. The highest BCUT2D eigenvalue weighted by atomic mass is 14.8. The number of nitrogens with zero attached hydrogens (tertiary/aromatic N) is 2. The molecule has 1 atom stereocenters. The molecule has 1 aromatic heterocycles. The Balaban J connectivity index is 0.000000671. The number of hydrogen-bond acceptors (Lipinski definition) is 2. The molecule has 0 aromatic carbocycles. The van der Waals surface area contributed by atoms with Gasteiger partial charge in [-0.2, -0.15) is 0 Å². The zero-order valence-corrected chi connectivity index (χ0v) is 9.33. The number of aryl methyl sites for hydroxylation is 1. The predicted octanol–water partition coefficient (Wildman–Crippen LogP) is 3.32. The van der Waals surface area contributed by atoms with Crippen molar-refractivity contribution >= 4 is 0 Å². The topological polar surface area (TPSA) is 25.8 Å². The predicted molar refractivity (Wildman–Crippen MR) is 56.8 cm³/mol. The monoisotopic (exact) mass is 180 g/mol. The van der Waals surface area contributed by atoms with E-state index < -0.39 is 0 Å². The van der Waals surface area contributed by atoms with Crippen molar-refractivity contribution in [1.82, 2.24) is 9.97 Å². The summed E-state index contributed by atoms with van der Waals surface area (Å²) in [6.45, 7) is 10.4. The van der Waals surface area contributed by atoms with Crippen LogP contribution < -0.4 is 0 Å². The van der Waals surface area contributed by atoms with E-state index in [0.29, 0.717) is 5.92 Å². The zero-order valence-electron chi connectivity index (χ0n) is 9.33. The molecule has 0 saturated carbocycles. The summed E-state index contributed by atoms with van der Waals surface area (Å²) in [7, 11) is 0. The van der Waals surface area contributed by atoms with E-state index in [1.807, 2.05) is 20.8 Å². The molecule has 0 spiro atoms. The van der Waals surface area contributed by atoms with Gasteiger partial charge in [-0.25, -0.2) is 0 Å². The normalized spacial score (nSPS) is 11.5. The maximum Gasteiger partial charge on any atom is 0.0643 e. The lowest BCUT2D eigenvalue weighted by Gasteiger charge is -2.08. The molecule has 1 heterocycles. The molecule has 0 aliphatic carbocycles. The van der Waals surface area contributed by atoms with Gasteiger partial charge in [0.05, 0.1) is 11.4 Å². The van der Waals surface area contributed by atoms with E-state index in [9.17, 15) is 0 Å². The van der Waals surface area contributed by atoms with E-state index >= 15 is 0 Å². The minimum atomic E-state index is 0.531. The van der Waals surface area contributed by atoms with Crippen LogP contribution >= 0.6 is 0 Å². The van der Waals surface area contributed by atoms with E-state index in [2.05, 4.69) is 23.8 Å². The van der Waals surface area contributed by atoms with E-state index in [4.69, 9.17) is 0 Å². The highest BCUT2D eigenvalue weighted by molar-refractivity contribution is 5.12. The molecule has 0 aliphatic heterocycles. The van der Waals surface area contributed by atoms with Gasteiger partial charge in [-0.3, -0.25) is 9.97 Å². The second-order valence-corrected chi connectivity index (χ2v) is 2.84. The van der Waals surface area contributed by atoms with Crippen LogP contribution in [0.5, 0.6) is 0 Å². The smallest absolute Gasteiger partial charge is 0.0643 e. The fourth-order valence-corrected chi connectivity index (χ4v) is 1.10. The molecule has 0 bridgehead atoms. The molecule has 0 fully saturated rings. The second kappa shape index (κ2) is 6.58. The number of rotatable bonds is 2. The first kappa shape index (κ1) is 12.1. The molecule has 1 rings (SSSR count). The Morgan fingerprint density at radius 1 is 1.23 bits per heavy atom. The Morgan fingerprint density at radius 2 is 1.77 bits per heavy atom. The summed E-state index contributed by atoms with van der Waals surface area (Å²) in [5, 5.41) is 0. The highest BCUT2D eigenvalue weighted by Crippen LogP contribution is 2.17. The van der Waals surface area contributed by atoms with Gasteiger partial charge >= 0.3 is 0 Å². The van der Waals surface area contributed by atoms with Crippen molar-refractivity contribution < 1.29 is 0 Å². The largest absolute Gasteiger partial charge is 0.258 e. The Labute approximate surface area is 81.4 Å². The van der Waals surface area contributed by atoms with E-state index in [0.717, 1.165) is 17.8 Å². The summed E-state index contributed by atoms with van der Waals surface area (Å²) in [4.78, 5) is 8.47. The molecule has 0 N–H and O–H groups in total. The number of hydrogen-bond donors (Lipinski definition) is 0. The van der Waals surface area contributed by atoms with E-state index in [1.54, 1.807) is 12.4 Å². The van der Waals surface area contributed by atoms with Crippen molar-refractivity contribution in [3.63, 3.8) is 0 Å². The van der Waals surface area contributed by atoms with Crippen molar-refractivity contribution in [1.29, 1.82) is 0 Å². The van der Waals surface area contributed by atoms with Crippen LogP contribution in [0.4, 0.5) is 0 Å². The molecular formula is C11H20N2. The fourth-order valence-electron chi connectivity index (χ4n) is 1.10.